The lowest BCUT2D eigenvalue weighted by Crippen LogP contribution is -2.55. The lowest BCUT2D eigenvalue weighted by Gasteiger charge is -2.42. The van der Waals surface area contributed by atoms with E-state index in [0.717, 1.165) is 27.4 Å². The lowest BCUT2D eigenvalue weighted by atomic mass is 9.83. The molecule has 2 nitrogen and oxygen atoms in total. The van der Waals surface area contributed by atoms with Crippen LogP contribution in [-0.2, 0) is 0 Å². The first kappa shape index (κ1) is 27.1. The number of hydrogen-bond acceptors (Lipinski definition) is 2. The average molecular weight is 539 g/mol. The zero-order chi connectivity index (χ0) is 23.1. The van der Waals surface area contributed by atoms with Crippen molar-refractivity contribution in [1.82, 2.24) is 5.32 Å². The van der Waals surface area contributed by atoms with Crippen LogP contribution in [0.1, 0.15) is 79.6 Å². The zero-order valence-corrected chi connectivity index (χ0v) is 22.9. The van der Waals surface area contributed by atoms with Crippen LogP contribution in [0, 0.1) is 27.7 Å². The number of hydrogen-bond donors (Lipinski definition) is 1. The minimum absolute atomic E-state index is 0.363. The predicted molar refractivity (Wildman–Crippen MR) is 138 cm³/mol. The molecule has 4 heteroatoms. The standard InChI is InChI=1S/C9H9BrO.C9H19N.C8H9Br/c1-6-3-7(2)9(10)8(4-6)5-11;1-8(2)6-5-7-9(3,4)10-8;1-6-3-4-8(9)7(2)5-6/h3-5H,1-2H3;10H,5-7H2,1-4H3;3-5H,1-2H3. The molecule has 3 rings (SSSR count). The molecule has 1 fully saturated rings. The molecule has 0 amide bonds. The Bertz CT molecular complexity index is 842. The molecule has 1 N–H and O–H groups in total. The van der Waals surface area contributed by atoms with Gasteiger partial charge in [-0.3, -0.25) is 4.79 Å². The number of benzene rings is 2. The van der Waals surface area contributed by atoms with Gasteiger partial charge in [0.05, 0.1) is 0 Å². The highest BCUT2D eigenvalue weighted by atomic mass is 79.9. The van der Waals surface area contributed by atoms with Crippen molar-refractivity contribution in [3.05, 3.63) is 67.1 Å². The Labute approximate surface area is 200 Å². The Balaban J connectivity index is 0.000000226. The highest BCUT2D eigenvalue weighted by Gasteiger charge is 2.31. The van der Waals surface area contributed by atoms with E-state index >= 15 is 0 Å². The van der Waals surface area contributed by atoms with Gasteiger partial charge in [0.2, 0.25) is 0 Å². The van der Waals surface area contributed by atoms with Gasteiger partial charge in [-0.05, 0) is 114 Å². The summed E-state index contributed by atoms with van der Waals surface area (Å²) in [7, 11) is 0. The Morgan fingerprint density at radius 3 is 1.77 bits per heavy atom. The molecule has 0 aromatic heterocycles. The summed E-state index contributed by atoms with van der Waals surface area (Å²) >= 11 is 6.77. The molecule has 0 radical (unpaired) electrons. The fraction of sp³-hybridized carbons (Fsp3) is 0.500. The van der Waals surface area contributed by atoms with Gasteiger partial charge in [-0.25, -0.2) is 0 Å². The average Bonchev–Trinajstić information content (AvgIpc) is 2.60. The maximum Gasteiger partial charge on any atom is 0.151 e. The second-order valence-electron chi connectivity index (χ2n) is 9.60. The van der Waals surface area contributed by atoms with Crippen molar-refractivity contribution in [2.75, 3.05) is 0 Å². The molecule has 0 spiro atoms. The number of rotatable bonds is 1. The minimum atomic E-state index is 0.363. The van der Waals surface area contributed by atoms with E-state index < -0.39 is 0 Å². The summed E-state index contributed by atoms with van der Waals surface area (Å²) in [4.78, 5) is 10.5. The number of aldehydes is 1. The molecule has 166 valence electrons. The molecule has 0 saturated carbocycles. The van der Waals surface area contributed by atoms with Gasteiger partial charge in [0.1, 0.15) is 0 Å². The van der Waals surface area contributed by atoms with Crippen molar-refractivity contribution in [3.8, 4) is 0 Å². The van der Waals surface area contributed by atoms with Gasteiger partial charge < -0.3 is 5.32 Å². The van der Waals surface area contributed by atoms with Crippen molar-refractivity contribution < 1.29 is 4.79 Å². The van der Waals surface area contributed by atoms with E-state index in [9.17, 15) is 4.79 Å². The second-order valence-corrected chi connectivity index (χ2v) is 11.2. The fourth-order valence-electron chi connectivity index (χ4n) is 3.88. The van der Waals surface area contributed by atoms with E-state index in [2.05, 4.69) is 96.9 Å². The molecule has 2 aromatic rings. The van der Waals surface area contributed by atoms with Crippen LogP contribution >= 0.6 is 31.9 Å². The first-order chi connectivity index (χ1) is 13.8. The third-order valence-electron chi connectivity index (χ3n) is 5.15. The van der Waals surface area contributed by atoms with Gasteiger partial charge in [0.15, 0.2) is 6.29 Å². The normalized spacial score (nSPS) is 16.5. The first-order valence-corrected chi connectivity index (χ1v) is 12.1. The SMILES string of the molecule is CC1(C)CCCC(C)(C)N1.Cc1cc(C)c(Br)c(C=O)c1.Cc1ccc(Br)c(C)c1. The van der Waals surface area contributed by atoms with E-state index in [1.807, 2.05) is 26.0 Å². The molecule has 2 aromatic carbocycles. The van der Waals surface area contributed by atoms with Crippen molar-refractivity contribution in [2.24, 2.45) is 0 Å². The largest absolute Gasteiger partial charge is 0.307 e. The van der Waals surface area contributed by atoms with Crippen LogP contribution in [0.25, 0.3) is 0 Å². The maximum atomic E-state index is 10.5. The summed E-state index contributed by atoms with van der Waals surface area (Å²) < 4.78 is 2.09. The van der Waals surface area contributed by atoms with Crippen LogP contribution in [0.15, 0.2) is 39.3 Å². The lowest BCUT2D eigenvalue weighted by molar-refractivity contribution is 0.112. The number of halogens is 2. The van der Waals surface area contributed by atoms with Gasteiger partial charge in [0.25, 0.3) is 0 Å². The summed E-state index contributed by atoms with van der Waals surface area (Å²) in [5.74, 6) is 0. The third-order valence-corrected chi connectivity index (χ3v) is 7.12. The Morgan fingerprint density at radius 2 is 1.37 bits per heavy atom. The summed E-state index contributed by atoms with van der Waals surface area (Å²) in [6.45, 7) is 17.3. The van der Waals surface area contributed by atoms with Crippen molar-refractivity contribution in [2.45, 2.75) is 85.7 Å². The topological polar surface area (TPSA) is 29.1 Å². The van der Waals surface area contributed by atoms with Gasteiger partial charge in [0, 0.05) is 25.6 Å². The summed E-state index contributed by atoms with van der Waals surface area (Å²) in [5.41, 5.74) is 6.29. The van der Waals surface area contributed by atoms with Crippen LogP contribution in [0.2, 0.25) is 0 Å². The van der Waals surface area contributed by atoms with Gasteiger partial charge in [-0.2, -0.15) is 0 Å². The summed E-state index contributed by atoms with van der Waals surface area (Å²) in [6.07, 6.45) is 4.87. The monoisotopic (exact) mass is 537 g/mol. The number of nitrogens with one attached hydrogen (secondary N) is 1. The smallest absolute Gasteiger partial charge is 0.151 e. The van der Waals surface area contributed by atoms with Crippen LogP contribution in [0.5, 0.6) is 0 Å². The molecule has 1 heterocycles. The molecular weight excluding hydrogens is 502 g/mol. The van der Waals surface area contributed by atoms with E-state index in [4.69, 9.17) is 0 Å². The first-order valence-electron chi connectivity index (χ1n) is 10.5. The zero-order valence-electron chi connectivity index (χ0n) is 19.7. The number of aryl methyl sites for hydroxylation is 4. The fourth-order valence-corrected chi connectivity index (χ4v) is 4.45. The molecule has 0 unspecified atom stereocenters. The quantitative estimate of drug-likeness (QED) is 0.370. The molecule has 30 heavy (non-hydrogen) atoms. The van der Waals surface area contributed by atoms with Gasteiger partial charge >= 0.3 is 0 Å². The molecule has 0 aliphatic carbocycles. The molecule has 1 aliphatic rings. The molecule has 1 aliphatic heterocycles. The molecule has 0 bridgehead atoms. The predicted octanol–water partition coefficient (Wildman–Crippen LogP) is 8.26. The van der Waals surface area contributed by atoms with Gasteiger partial charge in [-0.1, -0.05) is 45.3 Å². The van der Waals surface area contributed by atoms with Gasteiger partial charge in [-0.15, -0.1) is 0 Å². The number of carbonyl (C=O) groups is 1. The Hall–Kier alpha value is -0.970. The number of carbonyl (C=O) groups excluding carboxylic acids is 1. The van der Waals surface area contributed by atoms with E-state index in [-0.39, 0.29) is 0 Å². The van der Waals surface area contributed by atoms with Crippen LogP contribution in [-0.4, -0.2) is 17.4 Å². The molecular formula is C26H37Br2NO. The van der Waals surface area contributed by atoms with E-state index in [1.165, 1.54) is 34.9 Å². The minimum Gasteiger partial charge on any atom is -0.307 e. The van der Waals surface area contributed by atoms with Crippen molar-refractivity contribution >= 4 is 38.1 Å². The van der Waals surface area contributed by atoms with Crippen LogP contribution in [0.4, 0.5) is 0 Å². The summed E-state index contributed by atoms with van der Waals surface area (Å²) in [6, 6.07) is 10.2. The van der Waals surface area contributed by atoms with Crippen LogP contribution < -0.4 is 5.32 Å². The Morgan fingerprint density at radius 1 is 0.833 bits per heavy atom. The highest BCUT2D eigenvalue weighted by Crippen LogP contribution is 2.27. The third kappa shape index (κ3) is 9.45. The second kappa shape index (κ2) is 11.6. The highest BCUT2D eigenvalue weighted by molar-refractivity contribution is 9.10. The number of piperidine rings is 1. The molecule has 1 saturated heterocycles. The Kier molecular flexibility index (Phi) is 10.5. The van der Waals surface area contributed by atoms with E-state index in [1.54, 1.807) is 0 Å². The van der Waals surface area contributed by atoms with Crippen LogP contribution in [0.3, 0.4) is 0 Å². The molecule has 0 atom stereocenters. The van der Waals surface area contributed by atoms with Crippen molar-refractivity contribution in [1.29, 1.82) is 0 Å². The van der Waals surface area contributed by atoms with E-state index in [0.29, 0.717) is 11.1 Å². The van der Waals surface area contributed by atoms with Crippen molar-refractivity contribution in [3.63, 3.8) is 0 Å². The maximum absolute atomic E-state index is 10.5. The summed E-state index contributed by atoms with van der Waals surface area (Å²) in [5, 5.41) is 3.63.